The summed E-state index contributed by atoms with van der Waals surface area (Å²) in [4.78, 5) is 22.7. The highest BCUT2D eigenvalue weighted by atomic mass is 16.5. The first-order chi connectivity index (χ1) is 6.25. The van der Waals surface area contributed by atoms with E-state index in [1.165, 1.54) is 0 Å². The van der Waals surface area contributed by atoms with Crippen molar-refractivity contribution in [1.82, 2.24) is 5.32 Å². The van der Waals surface area contributed by atoms with Gasteiger partial charge in [0.1, 0.15) is 5.92 Å². The molecule has 1 N–H and O–H groups in total. The zero-order valence-corrected chi connectivity index (χ0v) is 7.84. The molecule has 1 saturated heterocycles. The number of hydrogen-bond donors (Lipinski definition) is 1. The normalized spacial score (nSPS) is 23.8. The number of ether oxygens (including phenoxy) is 1. The molecule has 4 nitrogen and oxygen atoms in total. The lowest BCUT2D eigenvalue weighted by molar-refractivity contribution is -0.151. The summed E-state index contributed by atoms with van der Waals surface area (Å²) < 4.78 is 4.82. The van der Waals surface area contributed by atoms with Crippen LogP contribution in [0.1, 0.15) is 19.8 Å². The summed E-state index contributed by atoms with van der Waals surface area (Å²) >= 11 is 0. The van der Waals surface area contributed by atoms with Crippen molar-refractivity contribution >= 4 is 11.8 Å². The van der Waals surface area contributed by atoms with Gasteiger partial charge >= 0.3 is 5.97 Å². The smallest absolute Gasteiger partial charge is 0.316 e. The van der Waals surface area contributed by atoms with Crippen molar-refractivity contribution in [2.24, 2.45) is 5.92 Å². The molecule has 0 aromatic heterocycles. The summed E-state index contributed by atoms with van der Waals surface area (Å²) in [5, 5.41) is 2.97. The quantitative estimate of drug-likeness (QED) is 0.490. The van der Waals surface area contributed by atoms with Crippen LogP contribution in [0, 0.1) is 5.92 Å². The highest BCUT2D eigenvalue weighted by Gasteiger charge is 2.28. The van der Waals surface area contributed by atoms with Gasteiger partial charge in [0.15, 0.2) is 5.78 Å². The molecular weight excluding hydrogens is 170 g/mol. The minimum Gasteiger partial charge on any atom is -0.465 e. The second-order valence-electron chi connectivity index (χ2n) is 3.09. The molecule has 74 valence electrons. The third kappa shape index (κ3) is 2.81. The molecule has 0 aliphatic carbocycles. The molecule has 1 rings (SSSR count). The number of hydrogen-bond acceptors (Lipinski definition) is 4. The fourth-order valence-corrected chi connectivity index (χ4v) is 1.42. The fraction of sp³-hybridized carbons (Fsp3) is 0.778. The minimum atomic E-state index is -0.532. The number of esters is 1. The zero-order chi connectivity index (χ0) is 9.68. The van der Waals surface area contributed by atoms with Crippen LogP contribution in [0.25, 0.3) is 0 Å². The summed E-state index contributed by atoms with van der Waals surface area (Å²) in [5.41, 5.74) is 0. The molecule has 1 fully saturated rings. The summed E-state index contributed by atoms with van der Waals surface area (Å²) in [6.07, 6.45) is 1.47. The van der Waals surface area contributed by atoms with E-state index in [2.05, 4.69) is 5.32 Å². The largest absolute Gasteiger partial charge is 0.465 e. The number of ketones is 1. The fourth-order valence-electron chi connectivity index (χ4n) is 1.42. The van der Waals surface area contributed by atoms with E-state index in [4.69, 9.17) is 4.74 Å². The SMILES string of the molecule is CCOC(=O)C1CCCNCC1=O. The van der Waals surface area contributed by atoms with Crippen LogP contribution >= 0.6 is 0 Å². The van der Waals surface area contributed by atoms with E-state index in [-0.39, 0.29) is 11.8 Å². The molecular formula is C9H15NO3. The minimum absolute atomic E-state index is 0.0454. The van der Waals surface area contributed by atoms with Crippen molar-refractivity contribution in [2.45, 2.75) is 19.8 Å². The first kappa shape index (κ1) is 10.2. The van der Waals surface area contributed by atoms with Gasteiger partial charge < -0.3 is 10.1 Å². The maximum absolute atomic E-state index is 11.4. The molecule has 0 saturated carbocycles. The predicted molar refractivity (Wildman–Crippen MR) is 47.2 cm³/mol. The predicted octanol–water partition coefficient (Wildman–Crippen LogP) is 0.118. The summed E-state index contributed by atoms with van der Waals surface area (Å²) in [6, 6.07) is 0. The molecule has 0 aromatic carbocycles. The average molecular weight is 185 g/mol. The third-order valence-corrected chi connectivity index (χ3v) is 2.11. The van der Waals surface area contributed by atoms with Gasteiger partial charge in [0, 0.05) is 0 Å². The molecule has 0 spiro atoms. The van der Waals surface area contributed by atoms with Crippen molar-refractivity contribution in [3.63, 3.8) is 0 Å². The van der Waals surface area contributed by atoms with Crippen molar-refractivity contribution in [1.29, 1.82) is 0 Å². The second-order valence-corrected chi connectivity index (χ2v) is 3.09. The number of Topliss-reactive ketones (excluding diaryl/α,β-unsaturated/α-hetero) is 1. The molecule has 1 atom stereocenters. The Balaban J connectivity index is 2.53. The standard InChI is InChI=1S/C9H15NO3/c1-2-13-9(12)7-4-3-5-10-6-8(7)11/h7,10H,2-6H2,1H3. The molecule has 1 unspecified atom stereocenters. The Morgan fingerprint density at radius 1 is 1.69 bits per heavy atom. The van der Waals surface area contributed by atoms with Gasteiger partial charge in [0.2, 0.25) is 0 Å². The lowest BCUT2D eigenvalue weighted by atomic mass is 10.00. The Morgan fingerprint density at radius 3 is 3.15 bits per heavy atom. The first-order valence-electron chi connectivity index (χ1n) is 4.65. The topological polar surface area (TPSA) is 55.4 Å². The van der Waals surface area contributed by atoms with Crippen molar-refractivity contribution in [3.8, 4) is 0 Å². The summed E-state index contributed by atoms with van der Waals surface area (Å²) in [6.45, 7) is 3.19. The molecule has 13 heavy (non-hydrogen) atoms. The molecule has 0 radical (unpaired) electrons. The van der Waals surface area contributed by atoms with Crippen molar-refractivity contribution < 1.29 is 14.3 Å². The highest BCUT2D eigenvalue weighted by molar-refractivity contribution is 6.00. The van der Waals surface area contributed by atoms with Gasteiger partial charge in [-0.1, -0.05) is 0 Å². The number of rotatable bonds is 2. The van der Waals surface area contributed by atoms with Crippen LogP contribution in [0.4, 0.5) is 0 Å². The Hall–Kier alpha value is -0.900. The molecule has 1 aliphatic heterocycles. The van der Waals surface area contributed by atoms with E-state index in [0.717, 1.165) is 13.0 Å². The molecule has 0 aromatic rings. The first-order valence-corrected chi connectivity index (χ1v) is 4.65. The van der Waals surface area contributed by atoms with Gasteiger partial charge in [-0.25, -0.2) is 0 Å². The van der Waals surface area contributed by atoms with E-state index >= 15 is 0 Å². The molecule has 0 amide bonds. The highest BCUT2D eigenvalue weighted by Crippen LogP contribution is 2.12. The van der Waals surface area contributed by atoms with Crippen LogP contribution in [-0.2, 0) is 14.3 Å². The summed E-state index contributed by atoms with van der Waals surface area (Å²) in [5.74, 6) is -0.943. The third-order valence-electron chi connectivity index (χ3n) is 2.11. The molecule has 0 bridgehead atoms. The van der Waals surface area contributed by atoms with E-state index in [1.54, 1.807) is 6.92 Å². The Bertz CT molecular complexity index is 203. The number of carbonyl (C=O) groups is 2. The van der Waals surface area contributed by atoms with Crippen LogP contribution in [0.2, 0.25) is 0 Å². The molecule has 4 heteroatoms. The zero-order valence-electron chi connectivity index (χ0n) is 7.84. The number of carbonyl (C=O) groups excluding carboxylic acids is 2. The van der Waals surface area contributed by atoms with E-state index < -0.39 is 5.92 Å². The van der Waals surface area contributed by atoms with Gasteiger partial charge in [0.25, 0.3) is 0 Å². The Morgan fingerprint density at radius 2 is 2.46 bits per heavy atom. The number of nitrogens with one attached hydrogen (secondary N) is 1. The van der Waals surface area contributed by atoms with Gasteiger partial charge in [-0.2, -0.15) is 0 Å². The van der Waals surface area contributed by atoms with Gasteiger partial charge in [-0.15, -0.1) is 0 Å². The van der Waals surface area contributed by atoms with Gasteiger partial charge in [-0.05, 0) is 26.3 Å². The lowest BCUT2D eigenvalue weighted by Crippen LogP contribution is -2.30. The second kappa shape index (κ2) is 4.97. The van der Waals surface area contributed by atoms with Crippen LogP contribution in [-0.4, -0.2) is 31.4 Å². The Labute approximate surface area is 77.6 Å². The maximum atomic E-state index is 11.4. The molecule has 1 aliphatic rings. The maximum Gasteiger partial charge on any atom is 0.316 e. The summed E-state index contributed by atoms with van der Waals surface area (Å²) in [7, 11) is 0. The van der Waals surface area contributed by atoms with Crippen LogP contribution in [0.3, 0.4) is 0 Å². The van der Waals surface area contributed by atoms with Gasteiger partial charge in [-0.3, -0.25) is 9.59 Å². The Kier molecular flexibility index (Phi) is 3.89. The average Bonchev–Trinajstić information content (AvgIpc) is 2.30. The van der Waals surface area contributed by atoms with E-state index in [0.29, 0.717) is 19.6 Å². The monoisotopic (exact) mass is 185 g/mol. The van der Waals surface area contributed by atoms with Crippen molar-refractivity contribution in [2.75, 3.05) is 19.7 Å². The van der Waals surface area contributed by atoms with E-state index in [9.17, 15) is 9.59 Å². The van der Waals surface area contributed by atoms with Crippen LogP contribution < -0.4 is 5.32 Å². The van der Waals surface area contributed by atoms with Gasteiger partial charge in [0.05, 0.1) is 13.2 Å². The van der Waals surface area contributed by atoms with E-state index in [1.807, 2.05) is 0 Å². The van der Waals surface area contributed by atoms with Crippen LogP contribution in [0.5, 0.6) is 0 Å². The lowest BCUT2D eigenvalue weighted by Gasteiger charge is -2.10. The molecule has 1 heterocycles. The van der Waals surface area contributed by atoms with Crippen LogP contribution in [0.15, 0.2) is 0 Å². The van der Waals surface area contributed by atoms with Crippen molar-refractivity contribution in [3.05, 3.63) is 0 Å².